The first kappa shape index (κ1) is 22.9. The fourth-order valence-corrected chi connectivity index (χ4v) is 3.64. The predicted molar refractivity (Wildman–Crippen MR) is 127 cm³/mol. The number of carbonyl (C=O) groups is 1. The Bertz CT molecular complexity index is 1080. The van der Waals surface area contributed by atoms with Crippen molar-refractivity contribution in [1.29, 1.82) is 0 Å². The molecule has 0 spiro atoms. The van der Waals surface area contributed by atoms with Gasteiger partial charge in [-0.25, -0.2) is 0 Å². The van der Waals surface area contributed by atoms with Crippen LogP contribution < -0.4 is 14.2 Å². The standard InChI is InChI=1S/C25H22BrClO4/c1-3-30-24-15-17(8-13-23(28)18-9-11-20(29-2)12-10-18)14-21(26)25(24)31-16-19-6-4-5-7-22(19)27/h4-15H,3,16H2,1-2H3/b13-8+. The van der Waals surface area contributed by atoms with Gasteiger partial charge >= 0.3 is 0 Å². The topological polar surface area (TPSA) is 44.8 Å². The van der Waals surface area contributed by atoms with Crippen molar-refractivity contribution in [2.75, 3.05) is 13.7 Å². The Hall–Kier alpha value is -2.76. The molecule has 0 aromatic heterocycles. The van der Waals surface area contributed by atoms with Crippen molar-refractivity contribution in [2.45, 2.75) is 13.5 Å². The zero-order chi connectivity index (χ0) is 22.2. The summed E-state index contributed by atoms with van der Waals surface area (Å²) in [6.45, 7) is 2.69. The fraction of sp³-hybridized carbons (Fsp3) is 0.160. The molecular weight excluding hydrogens is 480 g/mol. The van der Waals surface area contributed by atoms with Crippen LogP contribution in [-0.4, -0.2) is 19.5 Å². The van der Waals surface area contributed by atoms with Crippen molar-refractivity contribution in [3.63, 3.8) is 0 Å². The molecule has 0 aliphatic rings. The number of ketones is 1. The van der Waals surface area contributed by atoms with Crippen molar-refractivity contribution >= 4 is 39.4 Å². The average molecular weight is 502 g/mol. The Morgan fingerprint density at radius 3 is 2.48 bits per heavy atom. The molecule has 0 fully saturated rings. The molecule has 4 nitrogen and oxygen atoms in total. The maximum absolute atomic E-state index is 12.5. The van der Waals surface area contributed by atoms with E-state index in [1.54, 1.807) is 37.5 Å². The van der Waals surface area contributed by atoms with Crippen molar-refractivity contribution in [1.82, 2.24) is 0 Å². The highest BCUT2D eigenvalue weighted by Gasteiger charge is 2.13. The molecule has 0 heterocycles. The molecule has 0 N–H and O–H groups in total. The SMILES string of the molecule is CCOc1cc(/C=C/C(=O)c2ccc(OC)cc2)cc(Br)c1OCc1ccccc1Cl. The highest BCUT2D eigenvalue weighted by atomic mass is 79.9. The van der Waals surface area contributed by atoms with Crippen LogP contribution in [0, 0.1) is 0 Å². The number of rotatable bonds is 9. The largest absolute Gasteiger partial charge is 0.497 e. The van der Waals surface area contributed by atoms with Gasteiger partial charge in [-0.2, -0.15) is 0 Å². The van der Waals surface area contributed by atoms with E-state index in [1.165, 1.54) is 6.08 Å². The third-order valence-corrected chi connectivity index (χ3v) is 5.42. The number of ether oxygens (including phenoxy) is 3. The van der Waals surface area contributed by atoms with Gasteiger partial charge in [-0.15, -0.1) is 0 Å². The van der Waals surface area contributed by atoms with E-state index < -0.39 is 0 Å². The maximum Gasteiger partial charge on any atom is 0.185 e. The summed E-state index contributed by atoms with van der Waals surface area (Å²) in [7, 11) is 1.59. The lowest BCUT2D eigenvalue weighted by atomic mass is 10.1. The Morgan fingerprint density at radius 1 is 1.06 bits per heavy atom. The number of methoxy groups -OCH3 is 1. The second kappa shape index (κ2) is 11.0. The molecular formula is C25H22BrClO4. The van der Waals surface area contributed by atoms with E-state index in [4.69, 9.17) is 25.8 Å². The van der Waals surface area contributed by atoms with E-state index in [-0.39, 0.29) is 5.78 Å². The number of benzene rings is 3. The molecule has 0 saturated heterocycles. The van der Waals surface area contributed by atoms with E-state index in [9.17, 15) is 4.79 Å². The Labute approximate surface area is 195 Å². The van der Waals surface area contributed by atoms with Crippen LogP contribution in [0.15, 0.2) is 71.2 Å². The minimum absolute atomic E-state index is 0.101. The summed E-state index contributed by atoms with van der Waals surface area (Å²) in [5.41, 5.74) is 2.27. The first-order valence-corrected chi connectivity index (χ1v) is 10.9. The van der Waals surface area contributed by atoms with Crippen molar-refractivity contribution in [3.8, 4) is 17.2 Å². The van der Waals surface area contributed by atoms with Crippen LogP contribution in [0.5, 0.6) is 17.2 Å². The normalized spacial score (nSPS) is 10.8. The molecule has 0 radical (unpaired) electrons. The van der Waals surface area contributed by atoms with E-state index in [1.807, 2.05) is 43.3 Å². The van der Waals surface area contributed by atoms with Gasteiger partial charge in [-0.1, -0.05) is 35.9 Å². The number of hydrogen-bond acceptors (Lipinski definition) is 4. The maximum atomic E-state index is 12.5. The van der Waals surface area contributed by atoms with Gasteiger partial charge in [0.25, 0.3) is 0 Å². The third kappa shape index (κ3) is 6.12. The van der Waals surface area contributed by atoms with Crippen molar-refractivity contribution < 1.29 is 19.0 Å². The molecule has 0 amide bonds. The Morgan fingerprint density at radius 2 is 1.81 bits per heavy atom. The monoisotopic (exact) mass is 500 g/mol. The van der Waals surface area contributed by atoms with Crippen molar-refractivity contribution in [3.05, 3.63) is 92.9 Å². The zero-order valence-electron chi connectivity index (χ0n) is 17.2. The number of halogens is 2. The first-order chi connectivity index (χ1) is 15.0. The first-order valence-electron chi connectivity index (χ1n) is 9.70. The van der Waals surface area contributed by atoms with Gasteiger partial charge in [0.1, 0.15) is 12.4 Å². The van der Waals surface area contributed by atoms with Crippen LogP contribution in [0.4, 0.5) is 0 Å². The summed E-state index contributed by atoms with van der Waals surface area (Å²) in [6, 6.07) is 18.2. The lowest BCUT2D eigenvalue weighted by Gasteiger charge is -2.15. The summed E-state index contributed by atoms with van der Waals surface area (Å²) >= 11 is 9.78. The molecule has 0 bridgehead atoms. The molecule has 31 heavy (non-hydrogen) atoms. The zero-order valence-corrected chi connectivity index (χ0v) is 19.6. The summed E-state index contributed by atoms with van der Waals surface area (Å²) in [6.07, 6.45) is 3.28. The van der Waals surface area contributed by atoms with Gasteiger partial charge in [0.2, 0.25) is 0 Å². The van der Waals surface area contributed by atoms with Gasteiger partial charge in [0.15, 0.2) is 17.3 Å². The van der Waals surface area contributed by atoms with E-state index in [0.717, 1.165) is 15.6 Å². The van der Waals surface area contributed by atoms with Gasteiger partial charge in [-0.05, 0) is 77.0 Å². The number of carbonyl (C=O) groups excluding carboxylic acids is 1. The Kier molecular flexibility index (Phi) is 8.15. The van der Waals surface area contributed by atoms with Gasteiger partial charge in [0, 0.05) is 16.1 Å². The van der Waals surface area contributed by atoms with E-state index >= 15 is 0 Å². The van der Waals surface area contributed by atoms with E-state index in [0.29, 0.717) is 41.0 Å². The lowest BCUT2D eigenvalue weighted by Crippen LogP contribution is -2.01. The summed E-state index contributed by atoms with van der Waals surface area (Å²) in [4.78, 5) is 12.5. The molecule has 3 aromatic carbocycles. The smallest absolute Gasteiger partial charge is 0.185 e. The number of hydrogen-bond donors (Lipinski definition) is 0. The third-order valence-electron chi connectivity index (χ3n) is 4.46. The molecule has 0 atom stereocenters. The molecule has 0 unspecified atom stereocenters. The number of allylic oxidation sites excluding steroid dienone is 1. The predicted octanol–water partition coefficient (Wildman–Crippen LogP) is 6.98. The highest BCUT2D eigenvalue weighted by Crippen LogP contribution is 2.38. The fourth-order valence-electron chi connectivity index (χ4n) is 2.88. The van der Waals surface area contributed by atoms with Crippen molar-refractivity contribution in [2.24, 2.45) is 0 Å². The highest BCUT2D eigenvalue weighted by molar-refractivity contribution is 9.10. The lowest BCUT2D eigenvalue weighted by molar-refractivity contribution is 0.104. The molecule has 3 rings (SSSR count). The van der Waals surface area contributed by atoms with Crippen LogP contribution in [0.1, 0.15) is 28.4 Å². The second-order valence-corrected chi connectivity index (χ2v) is 7.83. The van der Waals surface area contributed by atoms with Gasteiger partial charge in [-0.3, -0.25) is 4.79 Å². The molecule has 6 heteroatoms. The van der Waals surface area contributed by atoms with Crippen LogP contribution >= 0.6 is 27.5 Å². The van der Waals surface area contributed by atoms with Crippen LogP contribution in [0.25, 0.3) is 6.08 Å². The molecule has 0 saturated carbocycles. The van der Waals surface area contributed by atoms with Gasteiger partial charge < -0.3 is 14.2 Å². The molecule has 160 valence electrons. The summed E-state index contributed by atoms with van der Waals surface area (Å²) in [5, 5.41) is 0.646. The molecule has 3 aromatic rings. The summed E-state index contributed by atoms with van der Waals surface area (Å²) in [5.74, 6) is 1.77. The van der Waals surface area contributed by atoms with Crippen LogP contribution in [0.2, 0.25) is 5.02 Å². The van der Waals surface area contributed by atoms with Crippen LogP contribution in [-0.2, 0) is 6.61 Å². The average Bonchev–Trinajstić information content (AvgIpc) is 2.78. The minimum Gasteiger partial charge on any atom is -0.497 e. The van der Waals surface area contributed by atoms with E-state index in [2.05, 4.69) is 15.9 Å². The Balaban J connectivity index is 1.79. The van der Waals surface area contributed by atoms with Crippen LogP contribution in [0.3, 0.4) is 0 Å². The molecule has 0 aliphatic carbocycles. The summed E-state index contributed by atoms with van der Waals surface area (Å²) < 4.78 is 17.6. The minimum atomic E-state index is -0.101. The molecule has 0 aliphatic heterocycles. The quantitative estimate of drug-likeness (QED) is 0.234. The van der Waals surface area contributed by atoms with Gasteiger partial charge in [0.05, 0.1) is 18.2 Å². The second-order valence-electron chi connectivity index (χ2n) is 6.57.